The zero-order valence-electron chi connectivity index (χ0n) is 9.16. The lowest BCUT2D eigenvalue weighted by Gasteiger charge is -2.03. The van der Waals surface area contributed by atoms with E-state index in [9.17, 15) is 4.79 Å². The maximum atomic E-state index is 11.6. The standard InChI is InChI=1S/C10H9N5OS2/c11-9(17)7-3-1-6(2-4-7)5-8(16)12-10-13-14-15-18-10/h1-4H,5H2,(H2,11,17)(H,12,13,15,16). The Kier molecular flexibility index (Phi) is 3.90. The molecule has 18 heavy (non-hydrogen) atoms. The predicted molar refractivity (Wildman–Crippen MR) is 72.4 cm³/mol. The van der Waals surface area contributed by atoms with Gasteiger partial charge in [-0.3, -0.25) is 10.1 Å². The molecule has 0 saturated carbocycles. The maximum absolute atomic E-state index is 11.6. The number of nitrogens with two attached hydrogens (primary N) is 1. The molecule has 0 fully saturated rings. The van der Waals surface area contributed by atoms with E-state index in [1.54, 1.807) is 12.1 Å². The molecular weight excluding hydrogens is 270 g/mol. The number of aromatic nitrogens is 3. The number of amides is 1. The van der Waals surface area contributed by atoms with Crippen LogP contribution in [-0.2, 0) is 11.2 Å². The Morgan fingerprint density at radius 1 is 1.39 bits per heavy atom. The van der Waals surface area contributed by atoms with Gasteiger partial charge in [0.05, 0.1) is 6.42 Å². The highest BCUT2D eigenvalue weighted by molar-refractivity contribution is 7.80. The van der Waals surface area contributed by atoms with E-state index >= 15 is 0 Å². The van der Waals surface area contributed by atoms with Gasteiger partial charge in [-0.25, -0.2) is 0 Å². The van der Waals surface area contributed by atoms with Gasteiger partial charge >= 0.3 is 0 Å². The molecule has 1 aromatic heterocycles. The van der Waals surface area contributed by atoms with Crippen molar-refractivity contribution in [2.45, 2.75) is 6.42 Å². The molecule has 92 valence electrons. The van der Waals surface area contributed by atoms with Crippen molar-refractivity contribution in [3.63, 3.8) is 0 Å². The van der Waals surface area contributed by atoms with Gasteiger partial charge in [-0.1, -0.05) is 46.1 Å². The van der Waals surface area contributed by atoms with E-state index in [4.69, 9.17) is 18.0 Å². The molecule has 0 aliphatic heterocycles. The highest BCUT2D eigenvalue weighted by Gasteiger charge is 2.07. The van der Waals surface area contributed by atoms with Crippen LogP contribution in [0.25, 0.3) is 0 Å². The number of hydrogen-bond donors (Lipinski definition) is 2. The zero-order valence-corrected chi connectivity index (χ0v) is 10.8. The molecule has 2 rings (SSSR count). The van der Waals surface area contributed by atoms with E-state index in [0.717, 1.165) is 22.7 Å². The first-order valence-electron chi connectivity index (χ1n) is 4.99. The summed E-state index contributed by atoms with van der Waals surface area (Å²) in [7, 11) is 0. The average molecular weight is 279 g/mol. The van der Waals surface area contributed by atoms with Crippen LogP contribution in [0.2, 0.25) is 0 Å². The minimum absolute atomic E-state index is 0.170. The summed E-state index contributed by atoms with van der Waals surface area (Å²) >= 11 is 5.88. The lowest BCUT2D eigenvalue weighted by atomic mass is 10.1. The van der Waals surface area contributed by atoms with E-state index in [1.807, 2.05) is 12.1 Å². The van der Waals surface area contributed by atoms with Gasteiger partial charge in [-0.05, 0) is 10.8 Å². The van der Waals surface area contributed by atoms with Crippen LogP contribution >= 0.6 is 23.8 Å². The lowest BCUT2D eigenvalue weighted by molar-refractivity contribution is -0.115. The number of thiocarbonyl (C=S) groups is 1. The smallest absolute Gasteiger partial charge is 0.231 e. The summed E-state index contributed by atoms with van der Waals surface area (Å²) in [5.41, 5.74) is 7.13. The third-order valence-electron chi connectivity index (χ3n) is 2.15. The van der Waals surface area contributed by atoms with Crippen LogP contribution in [-0.4, -0.2) is 25.7 Å². The Bertz CT molecular complexity index is 552. The number of anilines is 1. The number of nitrogens with one attached hydrogen (secondary N) is 1. The molecule has 0 bridgehead atoms. The third kappa shape index (κ3) is 3.28. The topological polar surface area (TPSA) is 93.8 Å². The predicted octanol–water partition coefficient (Wildman–Crippen LogP) is 0.748. The van der Waals surface area contributed by atoms with E-state index in [0.29, 0.717) is 10.1 Å². The van der Waals surface area contributed by atoms with E-state index in [1.165, 1.54) is 0 Å². The fourth-order valence-electron chi connectivity index (χ4n) is 1.32. The van der Waals surface area contributed by atoms with Gasteiger partial charge in [0.2, 0.25) is 11.0 Å². The molecule has 0 spiro atoms. The number of benzene rings is 1. The van der Waals surface area contributed by atoms with Crippen molar-refractivity contribution in [2.75, 3.05) is 5.32 Å². The summed E-state index contributed by atoms with van der Waals surface area (Å²) in [6.45, 7) is 0. The van der Waals surface area contributed by atoms with Crippen LogP contribution in [0.5, 0.6) is 0 Å². The van der Waals surface area contributed by atoms with Gasteiger partial charge < -0.3 is 5.73 Å². The average Bonchev–Trinajstić information content (AvgIpc) is 2.82. The number of hydrogen-bond acceptors (Lipinski definition) is 6. The molecule has 0 aliphatic rings. The molecule has 0 unspecified atom stereocenters. The molecule has 0 saturated heterocycles. The number of rotatable bonds is 4. The highest BCUT2D eigenvalue weighted by atomic mass is 32.1. The summed E-state index contributed by atoms with van der Waals surface area (Å²) < 4.78 is 3.55. The Hall–Kier alpha value is -1.93. The Labute approximate surface area is 112 Å². The quantitative estimate of drug-likeness (QED) is 0.802. The Morgan fingerprint density at radius 3 is 2.67 bits per heavy atom. The van der Waals surface area contributed by atoms with Crippen molar-refractivity contribution in [1.82, 2.24) is 14.8 Å². The second-order valence-corrected chi connectivity index (χ2v) is 4.63. The van der Waals surface area contributed by atoms with Crippen molar-refractivity contribution in [3.05, 3.63) is 35.4 Å². The fourth-order valence-corrected chi connectivity index (χ4v) is 1.84. The Balaban J connectivity index is 1.97. The number of carbonyl (C=O) groups excluding carboxylic acids is 1. The molecular formula is C10H9N5OS2. The Morgan fingerprint density at radius 2 is 2.11 bits per heavy atom. The SMILES string of the molecule is NC(=S)c1ccc(CC(=O)Nc2nnns2)cc1. The largest absolute Gasteiger partial charge is 0.389 e. The second-order valence-electron chi connectivity index (χ2n) is 3.45. The van der Waals surface area contributed by atoms with Crippen LogP contribution < -0.4 is 11.1 Å². The van der Waals surface area contributed by atoms with Crippen LogP contribution in [0.15, 0.2) is 24.3 Å². The summed E-state index contributed by atoms with van der Waals surface area (Å²) in [6, 6.07) is 7.20. The molecule has 1 heterocycles. The van der Waals surface area contributed by atoms with Gasteiger partial charge in [0.25, 0.3) is 0 Å². The van der Waals surface area contributed by atoms with Gasteiger partial charge in [0.1, 0.15) is 4.99 Å². The normalized spacial score (nSPS) is 10.0. The van der Waals surface area contributed by atoms with Crippen LogP contribution in [0.4, 0.5) is 5.13 Å². The molecule has 0 radical (unpaired) electrons. The molecule has 3 N–H and O–H groups in total. The zero-order chi connectivity index (χ0) is 13.0. The minimum atomic E-state index is -0.170. The molecule has 2 aromatic rings. The summed E-state index contributed by atoms with van der Waals surface area (Å²) in [4.78, 5) is 12.0. The van der Waals surface area contributed by atoms with Crippen LogP contribution in [0.3, 0.4) is 0 Å². The van der Waals surface area contributed by atoms with Crippen molar-refractivity contribution in [3.8, 4) is 0 Å². The first-order valence-corrected chi connectivity index (χ1v) is 6.17. The van der Waals surface area contributed by atoms with Crippen molar-refractivity contribution in [2.24, 2.45) is 5.73 Å². The molecule has 8 heteroatoms. The maximum Gasteiger partial charge on any atom is 0.231 e. The third-order valence-corrected chi connectivity index (χ3v) is 2.90. The van der Waals surface area contributed by atoms with Gasteiger partial charge in [0, 0.05) is 17.1 Å². The summed E-state index contributed by atoms with van der Waals surface area (Å²) in [5.74, 6) is -0.170. The fraction of sp³-hybridized carbons (Fsp3) is 0.100. The summed E-state index contributed by atoms with van der Waals surface area (Å²) in [5, 5.41) is 10.0. The van der Waals surface area contributed by atoms with Crippen molar-refractivity contribution >= 4 is 39.8 Å². The molecule has 6 nitrogen and oxygen atoms in total. The molecule has 0 aliphatic carbocycles. The van der Waals surface area contributed by atoms with E-state index in [-0.39, 0.29) is 12.3 Å². The van der Waals surface area contributed by atoms with Crippen molar-refractivity contribution in [1.29, 1.82) is 0 Å². The van der Waals surface area contributed by atoms with Crippen molar-refractivity contribution < 1.29 is 4.79 Å². The van der Waals surface area contributed by atoms with Crippen LogP contribution in [0, 0.1) is 0 Å². The molecule has 0 atom stereocenters. The van der Waals surface area contributed by atoms with Gasteiger partial charge in [-0.15, -0.1) is 0 Å². The summed E-state index contributed by atoms with van der Waals surface area (Å²) in [6.07, 6.45) is 0.247. The monoisotopic (exact) mass is 279 g/mol. The van der Waals surface area contributed by atoms with Crippen LogP contribution in [0.1, 0.15) is 11.1 Å². The first-order chi connectivity index (χ1) is 8.65. The highest BCUT2D eigenvalue weighted by Crippen LogP contribution is 2.08. The van der Waals surface area contributed by atoms with Gasteiger partial charge in [0.15, 0.2) is 0 Å². The minimum Gasteiger partial charge on any atom is -0.389 e. The molecule has 1 amide bonds. The number of carbonyl (C=O) groups is 1. The molecule has 1 aromatic carbocycles. The first kappa shape index (κ1) is 12.5. The second kappa shape index (κ2) is 5.61. The lowest BCUT2D eigenvalue weighted by Crippen LogP contribution is -2.14. The van der Waals surface area contributed by atoms with E-state index < -0.39 is 0 Å². The number of nitrogens with zero attached hydrogens (tertiary/aromatic N) is 3. The van der Waals surface area contributed by atoms with Gasteiger partial charge in [-0.2, -0.15) is 0 Å². The van der Waals surface area contributed by atoms with E-state index in [2.05, 4.69) is 20.1 Å².